The molecular weight excluding hydrogens is 288 g/mol. The van der Waals surface area contributed by atoms with E-state index in [0.29, 0.717) is 5.52 Å². The van der Waals surface area contributed by atoms with Gasteiger partial charge < -0.3 is 4.57 Å². The highest BCUT2D eigenvalue weighted by molar-refractivity contribution is 6.31. The van der Waals surface area contributed by atoms with Crippen molar-refractivity contribution in [1.29, 1.82) is 0 Å². The Balaban J connectivity index is 2.68. The van der Waals surface area contributed by atoms with Crippen LogP contribution in [0.3, 0.4) is 0 Å². The average Bonchev–Trinajstić information content (AvgIpc) is 2.57. The molecule has 2 nitrogen and oxygen atoms in total. The van der Waals surface area contributed by atoms with Gasteiger partial charge in [-0.1, -0.05) is 11.6 Å². The minimum Gasteiger partial charge on any atom is -0.321 e. The Morgan fingerprint density at radius 1 is 1.39 bits per heavy atom. The van der Waals surface area contributed by atoms with Crippen LogP contribution in [0.4, 0.5) is 13.2 Å². The van der Waals surface area contributed by atoms with Gasteiger partial charge in [0.15, 0.2) is 0 Å². The van der Waals surface area contributed by atoms with Gasteiger partial charge >= 0.3 is 0 Å². The summed E-state index contributed by atoms with van der Waals surface area (Å²) in [5.74, 6) is -0.367. The fourth-order valence-corrected chi connectivity index (χ4v) is 2.10. The molecule has 1 aromatic carbocycles. The number of aromatic nitrogens is 2. The molecule has 1 aromatic heterocycles. The molecular formula is C11H9Cl2F3N2. The lowest BCUT2D eigenvalue weighted by molar-refractivity contribution is 0.127. The molecule has 2 aromatic rings. The third kappa shape index (κ3) is 2.42. The molecule has 2 rings (SSSR count). The topological polar surface area (TPSA) is 17.8 Å². The van der Waals surface area contributed by atoms with Gasteiger partial charge in [0.05, 0.1) is 28.0 Å². The second-order valence-corrected chi connectivity index (χ2v) is 4.90. The number of halogens is 5. The number of nitrogens with zero attached hydrogens (tertiary/aromatic N) is 2. The number of alkyl halides is 3. The summed E-state index contributed by atoms with van der Waals surface area (Å²) in [5, 5.41) is -0.690. The van der Waals surface area contributed by atoms with Crippen molar-refractivity contribution in [1.82, 2.24) is 9.55 Å². The SMILES string of the molecule is CC(Cl)c1nc2cc(F)c(Cl)cc2n1CC(F)F. The van der Waals surface area contributed by atoms with E-state index in [0.717, 1.165) is 6.07 Å². The summed E-state index contributed by atoms with van der Waals surface area (Å²) in [5.41, 5.74) is 0.615. The van der Waals surface area contributed by atoms with E-state index in [-0.39, 0.29) is 16.4 Å². The molecule has 98 valence electrons. The van der Waals surface area contributed by atoms with Gasteiger partial charge in [-0.2, -0.15) is 0 Å². The zero-order valence-electron chi connectivity index (χ0n) is 9.30. The van der Waals surface area contributed by atoms with Crippen molar-refractivity contribution >= 4 is 34.2 Å². The van der Waals surface area contributed by atoms with Crippen LogP contribution < -0.4 is 0 Å². The number of rotatable bonds is 3. The number of hydrogen-bond donors (Lipinski definition) is 0. The first kappa shape index (κ1) is 13.5. The summed E-state index contributed by atoms with van der Waals surface area (Å²) >= 11 is 11.5. The lowest BCUT2D eigenvalue weighted by Gasteiger charge is -2.09. The van der Waals surface area contributed by atoms with E-state index in [1.165, 1.54) is 10.6 Å². The molecule has 0 aliphatic rings. The van der Waals surface area contributed by atoms with Gasteiger partial charge in [-0.3, -0.25) is 0 Å². The molecule has 0 spiro atoms. The molecule has 18 heavy (non-hydrogen) atoms. The summed E-state index contributed by atoms with van der Waals surface area (Å²) in [7, 11) is 0. The largest absolute Gasteiger partial charge is 0.321 e. The minimum absolute atomic E-state index is 0.133. The van der Waals surface area contributed by atoms with E-state index in [4.69, 9.17) is 23.2 Å². The molecule has 0 aliphatic heterocycles. The van der Waals surface area contributed by atoms with E-state index < -0.39 is 24.2 Å². The van der Waals surface area contributed by atoms with E-state index in [1.54, 1.807) is 6.92 Å². The van der Waals surface area contributed by atoms with Crippen molar-refractivity contribution in [2.75, 3.05) is 0 Å². The van der Waals surface area contributed by atoms with Crippen LogP contribution in [0.1, 0.15) is 18.1 Å². The molecule has 7 heteroatoms. The Labute approximate surface area is 111 Å². The van der Waals surface area contributed by atoms with Gasteiger partial charge in [-0.25, -0.2) is 18.2 Å². The standard InChI is InChI=1S/C11H9Cl2F3N2/c1-5(12)11-17-8-3-7(14)6(13)2-9(8)18(11)4-10(15)16/h2-3,5,10H,4H2,1H3. The lowest BCUT2D eigenvalue weighted by atomic mass is 10.3. The lowest BCUT2D eigenvalue weighted by Crippen LogP contribution is -2.10. The summed E-state index contributed by atoms with van der Waals surface area (Å²) in [4.78, 5) is 4.07. The smallest absolute Gasteiger partial charge is 0.256 e. The van der Waals surface area contributed by atoms with E-state index in [2.05, 4.69) is 4.98 Å². The van der Waals surface area contributed by atoms with Gasteiger partial charge in [0.25, 0.3) is 6.43 Å². The highest BCUT2D eigenvalue weighted by atomic mass is 35.5. The van der Waals surface area contributed by atoms with Crippen molar-refractivity contribution in [3.63, 3.8) is 0 Å². The summed E-state index contributed by atoms with van der Waals surface area (Å²) in [6.07, 6.45) is -2.56. The summed E-state index contributed by atoms with van der Waals surface area (Å²) in [6, 6.07) is 2.40. The maximum absolute atomic E-state index is 13.3. The van der Waals surface area contributed by atoms with Crippen molar-refractivity contribution < 1.29 is 13.2 Å². The van der Waals surface area contributed by atoms with Crippen LogP contribution in [-0.2, 0) is 6.54 Å². The van der Waals surface area contributed by atoms with Crippen LogP contribution >= 0.6 is 23.2 Å². The van der Waals surface area contributed by atoms with Crippen molar-refractivity contribution in [3.05, 3.63) is 28.8 Å². The van der Waals surface area contributed by atoms with Crippen LogP contribution in [0.15, 0.2) is 12.1 Å². The third-order valence-electron chi connectivity index (χ3n) is 2.50. The predicted molar refractivity (Wildman–Crippen MR) is 65.0 cm³/mol. The first-order valence-corrected chi connectivity index (χ1v) is 5.99. The third-order valence-corrected chi connectivity index (χ3v) is 2.98. The molecule has 0 bridgehead atoms. The Kier molecular flexibility index (Phi) is 3.73. The van der Waals surface area contributed by atoms with Crippen molar-refractivity contribution in [3.8, 4) is 0 Å². The number of imidazole rings is 1. The van der Waals surface area contributed by atoms with Gasteiger partial charge in [0.1, 0.15) is 11.6 Å². The Hall–Kier alpha value is -0.940. The quantitative estimate of drug-likeness (QED) is 0.768. The van der Waals surface area contributed by atoms with Gasteiger partial charge in [0, 0.05) is 6.07 Å². The normalized spacial score (nSPS) is 13.5. The first-order chi connectivity index (χ1) is 8.40. The molecule has 0 saturated carbocycles. The zero-order chi connectivity index (χ0) is 13.4. The van der Waals surface area contributed by atoms with Gasteiger partial charge in [-0.15, -0.1) is 11.6 Å². The zero-order valence-corrected chi connectivity index (χ0v) is 10.8. The highest BCUT2D eigenvalue weighted by Crippen LogP contribution is 2.28. The molecule has 0 saturated heterocycles. The van der Waals surface area contributed by atoms with Crippen molar-refractivity contribution in [2.24, 2.45) is 0 Å². The molecule has 0 N–H and O–H groups in total. The van der Waals surface area contributed by atoms with Gasteiger partial charge in [-0.05, 0) is 13.0 Å². The van der Waals surface area contributed by atoms with Crippen LogP contribution in [0, 0.1) is 5.82 Å². The van der Waals surface area contributed by atoms with Crippen LogP contribution in [0.2, 0.25) is 5.02 Å². The molecule has 1 heterocycles. The Morgan fingerprint density at radius 3 is 2.61 bits per heavy atom. The fraction of sp³-hybridized carbons (Fsp3) is 0.364. The molecule has 0 aliphatic carbocycles. The number of hydrogen-bond acceptors (Lipinski definition) is 1. The highest BCUT2D eigenvalue weighted by Gasteiger charge is 2.19. The molecule has 0 radical (unpaired) electrons. The molecule has 1 atom stereocenters. The summed E-state index contributed by atoms with van der Waals surface area (Å²) in [6.45, 7) is 1.06. The molecule has 1 unspecified atom stereocenters. The van der Waals surface area contributed by atoms with Crippen LogP contribution in [-0.4, -0.2) is 16.0 Å². The van der Waals surface area contributed by atoms with E-state index in [9.17, 15) is 13.2 Å². The predicted octanol–water partition coefficient (Wildman–Crippen LogP) is 4.39. The minimum atomic E-state index is -2.56. The van der Waals surface area contributed by atoms with E-state index in [1.807, 2.05) is 0 Å². The second-order valence-electron chi connectivity index (χ2n) is 3.84. The van der Waals surface area contributed by atoms with Crippen molar-refractivity contribution in [2.45, 2.75) is 25.3 Å². The Bertz CT molecular complexity index is 581. The van der Waals surface area contributed by atoms with Crippen LogP contribution in [0.5, 0.6) is 0 Å². The summed E-state index contributed by atoms with van der Waals surface area (Å²) < 4.78 is 39.7. The maximum atomic E-state index is 13.3. The molecule has 0 fully saturated rings. The Morgan fingerprint density at radius 2 is 2.06 bits per heavy atom. The monoisotopic (exact) mass is 296 g/mol. The number of benzene rings is 1. The van der Waals surface area contributed by atoms with Gasteiger partial charge in [0.2, 0.25) is 0 Å². The first-order valence-electron chi connectivity index (χ1n) is 5.17. The average molecular weight is 297 g/mol. The maximum Gasteiger partial charge on any atom is 0.256 e. The van der Waals surface area contributed by atoms with Crippen LogP contribution in [0.25, 0.3) is 11.0 Å². The number of fused-ring (bicyclic) bond motifs is 1. The fourth-order valence-electron chi connectivity index (χ4n) is 1.77. The second kappa shape index (κ2) is 4.97. The van der Waals surface area contributed by atoms with E-state index >= 15 is 0 Å². The molecule has 0 amide bonds.